The van der Waals surface area contributed by atoms with Gasteiger partial charge in [0, 0.05) is 24.7 Å². The molecule has 8 heteroatoms. The van der Waals surface area contributed by atoms with Gasteiger partial charge in [0.05, 0.1) is 13.2 Å². The third kappa shape index (κ3) is 4.55. The SMILES string of the molecule is CCN(CC)S(=O)(=O)c1cc(C(=O)NC2CCC(O)CC2)ccc1OC. The minimum atomic E-state index is -3.75. The molecule has 0 unspecified atom stereocenters. The zero-order chi connectivity index (χ0) is 19.3. The van der Waals surface area contributed by atoms with E-state index in [4.69, 9.17) is 4.74 Å². The summed E-state index contributed by atoms with van der Waals surface area (Å²) in [5.74, 6) is -0.0979. The molecule has 0 heterocycles. The minimum absolute atomic E-state index is 0.00385. The lowest BCUT2D eigenvalue weighted by Crippen LogP contribution is -2.38. The number of aliphatic hydroxyl groups is 1. The number of ether oxygens (including phenoxy) is 1. The lowest BCUT2D eigenvalue weighted by atomic mass is 9.93. The number of nitrogens with zero attached hydrogens (tertiary/aromatic N) is 1. The van der Waals surface area contributed by atoms with Gasteiger partial charge in [-0.05, 0) is 43.9 Å². The second-order valence-electron chi connectivity index (χ2n) is 6.43. The summed E-state index contributed by atoms with van der Waals surface area (Å²) in [6, 6.07) is 4.44. The van der Waals surface area contributed by atoms with Crippen molar-refractivity contribution < 1.29 is 23.1 Å². The normalized spacial score (nSPS) is 20.8. The zero-order valence-corrected chi connectivity index (χ0v) is 16.4. The number of hydrogen-bond donors (Lipinski definition) is 2. The number of carbonyl (C=O) groups excluding carboxylic acids is 1. The Hall–Kier alpha value is -1.64. The summed E-state index contributed by atoms with van der Waals surface area (Å²) >= 11 is 0. The van der Waals surface area contributed by atoms with Gasteiger partial charge in [-0.2, -0.15) is 4.31 Å². The highest BCUT2D eigenvalue weighted by Gasteiger charge is 2.27. The number of rotatable bonds is 7. The van der Waals surface area contributed by atoms with E-state index >= 15 is 0 Å². The smallest absolute Gasteiger partial charge is 0.251 e. The Labute approximate surface area is 155 Å². The van der Waals surface area contributed by atoms with E-state index in [0.29, 0.717) is 38.8 Å². The number of benzene rings is 1. The molecule has 0 atom stereocenters. The van der Waals surface area contributed by atoms with E-state index in [2.05, 4.69) is 5.32 Å². The van der Waals surface area contributed by atoms with Gasteiger partial charge in [0.2, 0.25) is 10.0 Å². The van der Waals surface area contributed by atoms with E-state index in [1.165, 1.54) is 23.5 Å². The molecule has 2 rings (SSSR count). The molecule has 146 valence electrons. The third-order valence-corrected chi connectivity index (χ3v) is 6.85. The summed E-state index contributed by atoms with van der Waals surface area (Å²) in [4.78, 5) is 12.6. The van der Waals surface area contributed by atoms with Crippen molar-refractivity contribution in [3.63, 3.8) is 0 Å². The standard InChI is InChI=1S/C18H28N2O5S/c1-4-20(5-2)26(23,24)17-12-13(6-11-16(17)25-3)18(22)19-14-7-9-15(21)10-8-14/h6,11-12,14-15,21H,4-5,7-10H2,1-3H3,(H,19,22). The van der Waals surface area contributed by atoms with Crippen LogP contribution in [0.1, 0.15) is 49.9 Å². The summed E-state index contributed by atoms with van der Waals surface area (Å²) < 4.78 is 32.3. The fourth-order valence-corrected chi connectivity index (χ4v) is 4.85. The van der Waals surface area contributed by atoms with Crippen LogP contribution in [-0.2, 0) is 10.0 Å². The molecule has 1 aromatic carbocycles. The van der Waals surface area contributed by atoms with Gasteiger partial charge in [-0.25, -0.2) is 8.42 Å². The average Bonchev–Trinajstić information content (AvgIpc) is 2.63. The first-order valence-electron chi connectivity index (χ1n) is 9.00. The second-order valence-corrected chi connectivity index (χ2v) is 8.34. The average molecular weight is 384 g/mol. The Morgan fingerprint density at radius 2 is 1.85 bits per heavy atom. The van der Waals surface area contributed by atoms with Crippen LogP contribution in [0.4, 0.5) is 0 Å². The largest absolute Gasteiger partial charge is 0.495 e. The maximum atomic E-state index is 12.9. The van der Waals surface area contributed by atoms with Gasteiger partial charge in [-0.1, -0.05) is 13.8 Å². The van der Waals surface area contributed by atoms with Crippen LogP contribution in [0, 0.1) is 0 Å². The molecule has 1 aromatic rings. The van der Waals surface area contributed by atoms with Crippen molar-refractivity contribution in [2.45, 2.75) is 56.6 Å². The van der Waals surface area contributed by atoms with Crippen LogP contribution in [0.3, 0.4) is 0 Å². The summed E-state index contributed by atoms with van der Waals surface area (Å²) in [6.45, 7) is 4.20. The van der Waals surface area contributed by atoms with Crippen molar-refractivity contribution in [3.8, 4) is 5.75 Å². The van der Waals surface area contributed by atoms with E-state index in [9.17, 15) is 18.3 Å². The maximum absolute atomic E-state index is 12.9. The van der Waals surface area contributed by atoms with Crippen LogP contribution in [0.2, 0.25) is 0 Å². The monoisotopic (exact) mass is 384 g/mol. The van der Waals surface area contributed by atoms with Crippen LogP contribution in [-0.4, -0.2) is 56.1 Å². The molecule has 1 saturated carbocycles. The molecule has 1 fully saturated rings. The van der Waals surface area contributed by atoms with E-state index in [1.807, 2.05) is 0 Å². The highest BCUT2D eigenvalue weighted by Crippen LogP contribution is 2.28. The molecule has 0 aromatic heterocycles. The Morgan fingerprint density at radius 3 is 2.38 bits per heavy atom. The number of hydrogen-bond acceptors (Lipinski definition) is 5. The molecule has 1 aliphatic rings. The first-order valence-corrected chi connectivity index (χ1v) is 10.4. The Balaban J connectivity index is 2.27. The molecular weight excluding hydrogens is 356 g/mol. The molecule has 0 spiro atoms. The number of nitrogens with one attached hydrogen (secondary N) is 1. The molecule has 1 aliphatic carbocycles. The van der Waals surface area contributed by atoms with Crippen LogP contribution in [0.15, 0.2) is 23.1 Å². The Bertz CT molecular complexity index is 723. The summed E-state index contributed by atoms with van der Waals surface area (Å²) in [6.07, 6.45) is 2.46. The minimum Gasteiger partial charge on any atom is -0.495 e. The van der Waals surface area contributed by atoms with Gasteiger partial charge in [-0.3, -0.25) is 4.79 Å². The van der Waals surface area contributed by atoms with Gasteiger partial charge in [0.25, 0.3) is 5.91 Å². The van der Waals surface area contributed by atoms with E-state index in [0.717, 1.165) is 0 Å². The fourth-order valence-electron chi connectivity index (χ4n) is 3.21. The van der Waals surface area contributed by atoms with Crippen LogP contribution < -0.4 is 10.1 Å². The van der Waals surface area contributed by atoms with Gasteiger partial charge < -0.3 is 15.2 Å². The first-order chi connectivity index (χ1) is 12.3. The number of methoxy groups -OCH3 is 1. The van der Waals surface area contributed by atoms with Crippen molar-refractivity contribution in [3.05, 3.63) is 23.8 Å². The highest BCUT2D eigenvalue weighted by molar-refractivity contribution is 7.89. The zero-order valence-electron chi connectivity index (χ0n) is 15.6. The molecule has 1 amide bonds. The molecule has 0 radical (unpaired) electrons. The Morgan fingerprint density at radius 1 is 1.23 bits per heavy atom. The molecular formula is C18H28N2O5S. The summed E-state index contributed by atoms with van der Waals surface area (Å²) in [5.41, 5.74) is 0.280. The van der Waals surface area contributed by atoms with Crippen molar-refractivity contribution in [2.75, 3.05) is 20.2 Å². The van der Waals surface area contributed by atoms with Crippen molar-refractivity contribution in [1.82, 2.24) is 9.62 Å². The van der Waals surface area contributed by atoms with Gasteiger partial charge in [0.15, 0.2) is 0 Å². The van der Waals surface area contributed by atoms with Gasteiger partial charge in [0.1, 0.15) is 10.6 Å². The summed E-state index contributed by atoms with van der Waals surface area (Å²) in [5, 5.41) is 12.5. The van der Waals surface area contributed by atoms with Crippen LogP contribution >= 0.6 is 0 Å². The number of aliphatic hydroxyl groups excluding tert-OH is 1. The molecule has 0 aliphatic heterocycles. The predicted octanol–water partition coefficient (Wildman–Crippen LogP) is 1.76. The third-order valence-electron chi connectivity index (χ3n) is 4.78. The van der Waals surface area contributed by atoms with Crippen LogP contribution in [0.5, 0.6) is 5.75 Å². The molecule has 2 N–H and O–H groups in total. The number of carbonyl (C=O) groups is 1. The number of sulfonamides is 1. The molecule has 26 heavy (non-hydrogen) atoms. The topological polar surface area (TPSA) is 95.9 Å². The van der Waals surface area contributed by atoms with Crippen molar-refractivity contribution in [2.24, 2.45) is 0 Å². The molecule has 0 saturated heterocycles. The summed E-state index contributed by atoms with van der Waals surface area (Å²) in [7, 11) is -2.34. The predicted molar refractivity (Wildman–Crippen MR) is 98.8 cm³/mol. The molecule has 0 bridgehead atoms. The quantitative estimate of drug-likeness (QED) is 0.747. The number of amides is 1. The van der Waals surface area contributed by atoms with E-state index in [-0.39, 0.29) is 34.3 Å². The van der Waals surface area contributed by atoms with E-state index < -0.39 is 10.0 Å². The lowest BCUT2D eigenvalue weighted by molar-refractivity contribution is 0.0867. The first kappa shape index (κ1) is 20.7. The van der Waals surface area contributed by atoms with E-state index in [1.54, 1.807) is 19.9 Å². The molecule has 7 nitrogen and oxygen atoms in total. The Kier molecular flexibility index (Phi) is 7.02. The highest BCUT2D eigenvalue weighted by atomic mass is 32.2. The van der Waals surface area contributed by atoms with Gasteiger partial charge >= 0.3 is 0 Å². The fraction of sp³-hybridized carbons (Fsp3) is 0.611. The van der Waals surface area contributed by atoms with Crippen LogP contribution in [0.25, 0.3) is 0 Å². The van der Waals surface area contributed by atoms with Crippen molar-refractivity contribution in [1.29, 1.82) is 0 Å². The van der Waals surface area contributed by atoms with Gasteiger partial charge in [-0.15, -0.1) is 0 Å². The lowest BCUT2D eigenvalue weighted by Gasteiger charge is -2.26. The second kappa shape index (κ2) is 8.83. The van der Waals surface area contributed by atoms with Crippen molar-refractivity contribution >= 4 is 15.9 Å². The maximum Gasteiger partial charge on any atom is 0.251 e.